The summed E-state index contributed by atoms with van der Waals surface area (Å²) in [4.78, 5) is 11.4. The molecular formula is C13H25NO4. The van der Waals surface area contributed by atoms with Gasteiger partial charge in [0.2, 0.25) is 0 Å². The fourth-order valence-corrected chi connectivity index (χ4v) is 1.98. The van der Waals surface area contributed by atoms with Crippen LogP contribution in [0.3, 0.4) is 0 Å². The first kappa shape index (κ1) is 15.4. The Kier molecular flexibility index (Phi) is 8.81. The van der Waals surface area contributed by atoms with Crippen LogP contribution in [0.1, 0.15) is 25.7 Å². The van der Waals surface area contributed by atoms with Crippen LogP contribution in [0.25, 0.3) is 0 Å². The Hall–Kier alpha value is -0.650. The number of methoxy groups -OCH3 is 1. The van der Waals surface area contributed by atoms with E-state index in [4.69, 9.17) is 14.2 Å². The molecule has 0 aromatic carbocycles. The molecule has 0 saturated carbocycles. The van der Waals surface area contributed by atoms with Crippen molar-refractivity contribution in [1.29, 1.82) is 0 Å². The van der Waals surface area contributed by atoms with Crippen molar-refractivity contribution in [3.05, 3.63) is 0 Å². The molecule has 1 aliphatic heterocycles. The smallest absolute Gasteiger partial charge is 0.305 e. The maximum Gasteiger partial charge on any atom is 0.305 e. The fourth-order valence-electron chi connectivity index (χ4n) is 1.98. The molecule has 1 heterocycles. The van der Waals surface area contributed by atoms with Gasteiger partial charge in [0.1, 0.15) is 6.61 Å². The van der Waals surface area contributed by atoms with E-state index >= 15 is 0 Å². The Morgan fingerprint density at radius 2 is 2.17 bits per heavy atom. The molecule has 0 radical (unpaired) electrons. The predicted molar refractivity (Wildman–Crippen MR) is 68.5 cm³/mol. The van der Waals surface area contributed by atoms with Gasteiger partial charge in [-0.15, -0.1) is 0 Å². The standard InChI is InChI=1S/C13H25NO4/c1-16-7-2-8-17-9-10-18-13(15)4-3-12-5-6-14-11-12/h12,14H,2-11H2,1H3. The van der Waals surface area contributed by atoms with E-state index in [2.05, 4.69) is 5.32 Å². The van der Waals surface area contributed by atoms with E-state index in [1.807, 2.05) is 0 Å². The Labute approximate surface area is 109 Å². The minimum Gasteiger partial charge on any atom is -0.463 e. The van der Waals surface area contributed by atoms with Crippen LogP contribution >= 0.6 is 0 Å². The summed E-state index contributed by atoms with van der Waals surface area (Å²) in [6.07, 6.45) is 3.51. The van der Waals surface area contributed by atoms with Crippen LogP contribution in [0.4, 0.5) is 0 Å². The third-order valence-electron chi connectivity index (χ3n) is 3.05. The largest absolute Gasteiger partial charge is 0.463 e. The minimum atomic E-state index is -0.109. The van der Waals surface area contributed by atoms with Crippen molar-refractivity contribution in [2.75, 3.05) is 46.6 Å². The van der Waals surface area contributed by atoms with Crippen LogP contribution in [0.2, 0.25) is 0 Å². The van der Waals surface area contributed by atoms with Crippen molar-refractivity contribution in [2.45, 2.75) is 25.7 Å². The summed E-state index contributed by atoms with van der Waals surface area (Å²) in [6, 6.07) is 0. The highest BCUT2D eigenvalue weighted by Gasteiger charge is 2.15. The topological polar surface area (TPSA) is 56.8 Å². The first-order chi connectivity index (χ1) is 8.83. The molecule has 0 aliphatic carbocycles. The molecular weight excluding hydrogens is 234 g/mol. The lowest BCUT2D eigenvalue weighted by atomic mass is 10.0. The van der Waals surface area contributed by atoms with Crippen molar-refractivity contribution >= 4 is 5.97 Å². The molecule has 0 aromatic heterocycles. The molecule has 0 spiro atoms. The second-order valence-electron chi connectivity index (χ2n) is 4.58. The van der Waals surface area contributed by atoms with Crippen LogP contribution in [-0.2, 0) is 19.0 Å². The van der Waals surface area contributed by atoms with E-state index in [1.165, 1.54) is 6.42 Å². The number of carbonyl (C=O) groups is 1. The maximum absolute atomic E-state index is 11.4. The molecule has 1 fully saturated rings. The molecule has 0 bridgehead atoms. The van der Waals surface area contributed by atoms with Gasteiger partial charge in [-0.2, -0.15) is 0 Å². The average molecular weight is 259 g/mol. The van der Waals surface area contributed by atoms with Crippen molar-refractivity contribution in [1.82, 2.24) is 5.32 Å². The highest BCUT2D eigenvalue weighted by atomic mass is 16.6. The number of esters is 1. The SMILES string of the molecule is COCCCOCCOC(=O)CCC1CCNC1. The number of carbonyl (C=O) groups excluding carboxylic acids is 1. The van der Waals surface area contributed by atoms with E-state index in [-0.39, 0.29) is 5.97 Å². The molecule has 0 amide bonds. The van der Waals surface area contributed by atoms with Gasteiger partial charge in [0, 0.05) is 26.7 Å². The lowest BCUT2D eigenvalue weighted by molar-refractivity contribution is -0.145. The van der Waals surface area contributed by atoms with Crippen molar-refractivity contribution in [3.8, 4) is 0 Å². The molecule has 1 unspecified atom stereocenters. The second kappa shape index (κ2) is 10.3. The predicted octanol–water partition coefficient (Wildman–Crippen LogP) is 0.972. The first-order valence-electron chi connectivity index (χ1n) is 6.76. The highest BCUT2D eigenvalue weighted by molar-refractivity contribution is 5.69. The van der Waals surface area contributed by atoms with E-state index < -0.39 is 0 Å². The first-order valence-corrected chi connectivity index (χ1v) is 6.76. The Balaban J connectivity index is 1.84. The zero-order valence-corrected chi connectivity index (χ0v) is 11.3. The van der Waals surface area contributed by atoms with Gasteiger partial charge in [-0.25, -0.2) is 0 Å². The molecule has 5 nitrogen and oxygen atoms in total. The summed E-state index contributed by atoms with van der Waals surface area (Å²) in [6.45, 7) is 4.30. The van der Waals surface area contributed by atoms with E-state index in [0.717, 1.165) is 25.9 Å². The highest BCUT2D eigenvalue weighted by Crippen LogP contribution is 2.14. The Morgan fingerprint density at radius 1 is 1.28 bits per heavy atom. The number of ether oxygens (including phenoxy) is 3. The molecule has 0 aromatic rings. The van der Waals surface area contributed by atoms with Crippen LogP contribution in [0.15, 0.2) is 0 Å². The summed E-state index contributed by atoms with van der Waals surface area (Å²) >= 11 is 0. The quantitative estimate of drug-likeness (QED) is 0.468. The monoisotopic (exact) mass is 259 g/mol. The third kappa shape index (κ3) is 7.63. The number of nitrogens with one attached hydrogen (secondary N) is 1. The number of hydrogen-bond acceptors (Lipinski definition) is 5. The summed E-state index contributed by atoms with van der Waals surface area (Å²) in [5.74, 6) is 0.533. The molecule has 1 rings (SSSR count). The van der Waals surface area contributed by atoms with Gasteiger partial charge in [-0.1, -0.05) is 0 Å². The van der Waals surface area contributed by atoms with Gasteiger partial charge >= 0.3 is 5.97 Å². The zero-order valence-electron chi connectivity index (χ0n) is 11.3. The van der Waals surface area contributed by atoms with Gasteiger partial charge in [0.15, 0.2) is 0 Å². The van der Waals surface area contributed by atoms with Gasteiger partial charge in [-0.05, 0) is 38.3 Å². The van der Waals surface area contributed by atoms with E-state index in [0.29, 0.717) is 38.8 Å². The summed E-state index contributed by atoms with van der Waals surface area (Å²) < 4.78 is 15.3. The molecule has 18 heavy (non-hydrogen) atoms. The number of rotatable bonds is 10. The third-order valence-corrected chi connectivity index (χ3v) is 3.05. The van der Waals surface area contributed by atoms with Gasteiger partial charge in [0.05, 0.1) is 6.61 Å². The Bertz CT molecular complexity index is 217. The van der Waals surface area contributed by atoms with Crippen LogP contribution in [0.5, 0.6) is 0 Å². The number of hydrogen-bond donors (Lipinski definition) is 1. The minimum absolute atomic E-state index is 0.109. The van der Waals surface area contributed by atoms with Crippen molar-refractivity contribution < 1.29 is 19.0 Å². The van der Waals surface area contributed by atoms with Gasteiger partial charge < -0.3 is 19.5 Å². The van der Waals surface area contributed by atoms with Crippen molar-refractivity contribution in [3.63, 3.8) is 0 Å². The molecule has 1 saturated heterocycles. The second-order valence-corrected chi connectivity index (χ2v) is 4.58. The van der Waals surface area contributed by atoms with Gasteiger partial charge in [-0.3, -0.25) is 4.79 Å². The van der Waals surface area contributed by atoms with Crippen LogP contribution in [-0.4, -0.2) is 52.6 Å². The normalized spacial score (nSPS) is 19.1. The van der Waals surface area contributed by atoms with E-state index in [1.54, 1.807) is 7.11 Å². The summed E-state index contributed by atoms with van der Waals surface area (Å²) in [7, 11) is 1.67. The zero-order chi connectivity index (χ0) is 13.1. The average Bonchev–Trinajstić information content (AvgIpc) is 2.88. The maximum atomic E-state index is 11.4. The van der Waals surface area contributed by atoms with Crippen LogP contribution in [0, 0.1) is 5.92 Å². The lowest BCUT2D eigenvalue weighted by Crippen LogP contribution is -2.14. The molecule has 5 heteroatoms. The molecule has 1 aliphatic rings. The van der Waals surface area contributed by atoms with Crippen LogP contribution < -0.4 is 5.32 Å². The molecule has 106 valence electrons. The van der Waals surface area contributed by atoms with Crippen molar-refractivity contribution in [2.24, 2.45) is 5.92 Å². The van der Waals surface area contributed by atoms with E-state index in [9.17, 15) is 4.79 Å². The Morgan fingerprint density at radius 3 is 2.89 bits per heavy atom. The summed E-state index contributed by atoms with van der Waals surface area (Å²) in [5.41, 5.74) is 0. The molecule has 1 atom stereocenters. The fraction of sp³-hybridized carbons (Fsp3) is 0.923. The van der Waals surface area contributed by atoms with Gasteiger partial charge in [0.25, 0.3) is 0 Å². The lowest BCUT2D eigenvalue weighted by Gasteiger charge is -2.08. The summed E-state index contributed by atoms with van der Waals surface area (Å²) in [5, 5.41) is 3.29. The molecule has 1 N–H and O–H groups in total.